The van der Waals surface area contributed by atoms with Crippen LogP contribution in [0.1, 0.15) is 12.5 Å². The summed E-state index contributed by atoms with van der Waals surface area (Å²) in [5.74, 6) is 0. The standard InChI is InChI=1S/C15H19N3/c1-2-18(15-8-4-3-7-14(15)16)11-9-13-6-5-10-17-12-13/h3-8,10,12H,2,9,11,16H2,1H3. The van der Waals surface area contributed by atoms with Crippen molar-refractivity contribution in [1.82, 2.24) is 4.98 Å². The van der Waals surface area contributed by atoms with E-state index in [9.17, 15) is 0 Å². The average molecular weight is 241 g/mol. The number of para-hydroxylation sites is 2. The van der Waals surface area contributed by atoms with E-state index in [1.807, 2.05) is 30.5 Å². The Kier molecular flexibility index (Phi) is 4.18. The van der Waals surface area contributed by atoms with Crippen LogP contribution in [0.5, 0.6) is 0 Å². The van der Waals surface area contributed by atoms with Gasteiger partial charge in [0.1, 0.15) is 0 Å². The molecule has 0 aliphatic heterocycles. The average Bonchev–Trinajstić information content (AvgIpc) is 2.42. The number of nitrogens with two attached hydrogens (primary N) is 1. The number of hydrogen-bond acceptors (Lipinski definition) is 3. The minimum atomic E-state index is 0.838. The van der Waals surface area contributed by atoms with E-state index in [-0.39, 0.29) is 0 Å². The minimum absolute atomic E-state index is 0.838. The molecule has 0 radical (unpaired) electrons. The second-order valence-corrected chi connectivity index (χ2v) is 4.25. The lowest BCUT2D eigenvalue weighted by atomic mass is 10.2. The number of benzene rings is 1. The zero-order valence-corrected chi connectivity index (χ0v) is 10.7. The normalized spacial score (nSPS) is 10.3. The molecule has 0 saturated carbocycles. The molecule has 1 aromatic heterocycles. The first-order valence-electron chi connectivity index (χ1n) is 6.29. The van der Waals surface area contributed by atoms with Gasteiger partial charge in [-0.1, -0.05) is 18.2 Å². The quantitative estimate of drug-likeness (QED) is 0.818. The summed E-state index contributed by atoms with van der Waals surface area (Å²) in [5.41, 5.74) is 9.22. The largest absolute Gasteiger partial charge is 0.397 e. The first-order valence-corrected chi connectivity index (χ1v) is 6.29. The van der Waals surface area contributed by atoms with Crippen LogP contribution in [0.3, 0.4) is 0 Å². The van der Waals surface area contributed by atoms with Crippen molar-refractivity contribution in [3.63, 3.8) is 0 Å². The van der Waals surface area contributed by atoms with E-state index in [2.05, 4.69) is 28.9 Å². The predicted molar refractivity (Wildman–Crippen MR) is 76.7 cm³/mol. The number of aromatic nitrogens is 1. The molecule has 2 N–H and O–H groups in total. The fourth-order valence-electron chi connectivity index (χ4n) is 2.03. The molecule has 94 valence electrons. The molecule has 2 aromatic rings. The van der Waals surface area contributed by atoms with E-state index >= 15 is 0 Å². The van der Waals surface area contributed by atoms with Gasteiger partial charge < -0.3 is 10.6 Å². The molecule has 1 heterocycles. The fraction of sp³-hybridized carbons (Fsp3) is 0.267. The van der Waals surface area contributed by atoms with Gasteiger partial charge in [-0.05, 0) is 37.1 Å². The Balaban J connectivity index is 2.04. The van der Waals surface area contributed by atoms with Crippen LogP contribution in [0.2, 0.25) is 0 Å². The molecule has 0 spiro atoms. The lowest BCUT2D eigenvalue weighted by molar-refractivity contribution is 0.808. The third-order valence-electron chi connectivity index (χ3n) is 3.05. The highest BCUT2D eigenvalue weighted by Gasteiger charge is 2.07. The summed E-state index contributed by atoms with van der Waals surface area (Å²) in [6.07, 6.45) is 4.70. The van der Waals surface area contributed by atoms with Crippen LogP contribution >= 0.6 is 0 Å². The lowest BCUT2D eigenvalue weighted by Gasteiger charge is -2.24. The van der Waals surface area contributed by atoms with Crippen molar-refractivity contribution in [3.05, 3.63) is 54.4 Å². The summed E-state index contributed by atoms with van der Waals surface area (Å²) in [5, 5.41) is 0. The summed E-state index contributed by atoms with van der Waals surface area (Å²) >= 11 is 0. The lowest BCUT2D eigenvalue weighted by Crippen LogP contribution is -2.26. The van der Waals surface area contributed by atoms with Crippen molar-refractivity contribution in [1.29, 1.82) is 0 Å². The maximum absolute atomic E-state index is 6.01. The van der Waals surface area contributed by atoms with Gasteiger partial charge in [0.05, 0.1) is 11.4 Å². The van der Waals surface area contributed by atoms with Gasteiger partial charge in [-0.25, -0.2) is 0 Å². The monoisotopic (exact) mass is 241 g/mol. The van der Waals surface area contributed by atoms with Gasteiger partial charge in [0.25, 0.3) is 0 Å². The highest BCUT2D eigenvalue weighted by atomic mass is 15.1. The van der Waals surface area contributed by atoms with Gasteiger partial charge in [-0.15, -0.1) is 0 Å². The van der Waals surface area contributed by atoms with Gasteiger partial charge in [0.15, 0.2) is 0 Å². The molecule has 0 amide bonds. The third kappa shape index (κ3) is 3.00. The van der Waals surface area contributed by atoms with E-state index in [4.69, 9.17) is 5.73 Å². The third-order valence-corrected chi connectivity index (χ3v) is 3.05. The first-order chi connectivity index (χ1) is 8.81. The minimum Gasteiger partial charge on any atom is -0.397 e. The molecule has 3 heteroatoms. The summed E-state index contributed by atoms with van der Waals surface area (Å²) in [6.45, 7) is 4.06. The molecular weight excluding hydrogens is 222 g/mol. The van der Waals surface area contributed by atoms with Crippen molar-refractivity contribution >= 4 is 11.4 Å². The number of hydrogen-bond donors (Lipinski definition) is 1. The van der Waals surface area contributed by atoms with E-state index in [1.165, 1.54) is 5.56 Å². The summed E-state index contributed by atoms with van der Waals surface area (Å²) in [7, 11) is 0. The number of rotatable bonds is 5. The Morgan fingerprint density at radius 1 is 1.17 bits per heavy atom. The van der Waals surface area contributed by atoms with Crippen molar-refractivity contribution in [2.75, 3.05) is 23.7 Å². The Hall–Kier alpha value is -2.03. The number of likely N-dealkylation sites (N-methyl/N-ethyl adjacent to an activating group) is 1. The Morgan fingerprint density at radius 3 is 2.67 bits per heavy atom. The summed E-state index contributed by atoms with van der Waals surface area (Å²) in [6, 6.07) is 12.1. The smallest absolute Gasteiger partial charge is 0.0599 e. The van der Waals surface area contributed by atoms with Gasteiger partial charge in [0.2, 0.25) is 0 Å². The fourth-order valence-corrected chi connectivity index (χ4v) is 2.03. The highest BCUT2D eigenvalue weighted by molar-refractivity contribution is 5.67. The molecular formula is C15H19N3. The van der Waals surface area contributed by atoms with Crippen LogP contribution in [0.4, 0.5) is 11.4 Å². The van der Waals surface area contributed by atoms with Gasteiger partial charge in [-0.2, -0.15) is 0 Å². The van der Waals surface area contributed by atoms with E-state index in [1.54, 1.807) is 6.20 Å². The SMILES string of the molecule is CCN(CCc1cccnc1)c1ccccc1N. The molecule has 0 fully saturated rings. The Bertz CT molecular complexity index is 482. The maximum Gasteiger partial charge on any atom is 0.0599 e. The molecule has 0 unspecified atom stereocenters. The second-order valence-electron chi connectivity index (χ2n) is 4.25. The second kappa shape index (κ2) is 6.05. The van der Waals surface area contributed by atoms with E-state index in [0.29, 0.717) is 0 Å². The van der Waals surface area contributed by atoms with Gasteiger partial charge >= 0.3 is 0 Å². The highest BCUT2D eigenvalue weighted by Crippen LogP contribution is 2.22. The van der Waals surface area contributed by atoms with Crippen LogP contribution < -0.4 is 10.6 Å². The van der Waals surface area contributed by atoms with E-state index in [0.717, 1.165) is 30.9 Å². The number of nitrogen functional groups attached to an aromatic ring is 1. The van der Waals surface area contributed by atoms with Crippen LogP contribution in [0.15, 0.2) is 48.8 Å². The number of pyridine rings is 1. The zero-order valence-electron chi connectivity index (χ0n) is 10.7. The molecule has 0 aliphatic carbocycles. The van der Waals surface area contributed by atoms with Crippen molar-refractivity contribution in [2.24, 2.45) is 0 Å². The van der Waals surface area contributed by atoms with Crippen molar-refractivity contribution in [3.8, 4) is 0 Å². The van der Waals surface area contributed by atoms with Crippen LogP contribution in [-0.2, 0) is 6.42 Å². The van der Waals surface area contributed by atoms with Crippen LogP contribution in [0, 0.1) is 0 Å². The van der Waals surface area contributed by atoms with Gasteiger partial charge in [-0.3, -0.25) is 4.98 Å². The molecule has 0 atom stereocenters. The van der Waals surface area contributed by atoms with Crippen LogP contribution in [0.25, 0.3) is 0 Å². The van der Waals surface area contributed by atoms with Crippen molar-refractivity contribution in [2.45, 2.75) is 13.3 Å². The molecule has 0 aliphatic rings. The van der Waals surface area contributed by atoms with Crippen molar-refractivity contribution < 1.29 is 0 Å². The Morgan fingerprint density at radius 2 is 2.00 bits per heavy atom. The Labute approximate surface area is 108 Å². The number of anilines is 2. The maximum atomic E-state index is 6.01. The molecule has 0 saturated heterocycles. The van der Waals surface area contributed by atoms with Gasteiger partial charge in [0, 0.05) is 25.5 Å². The summed E-state index contributed by atoms with van der Waals surface area (Å²) in [4.78, 5) is 6.43. The molecule has 1 aromatic carbocycles. The molecule has 3 nitrogen and oxygen atoms in total. The molecule has 18 heavy (non-hydrogen) atoms. The molecule has 0 bridgehead atoms. The molecule has 2 rings (SSSR count). The van der Waals surface area contributed by atoms with E-state index < -0.39 is 0 Å². The summed E-state index contributed by atoms with van der Waals surface area (Å²) < 4.78 is 0. The predicted octanol–water partition coefficient (Wildman–Crippen LogP) is 2.73. The van der Waals surface area contributed by atoms with Crippen LogP contribution in [-0.4, -0.2) is 18.1 Å². The zero-order chi connectivity index (χ0) is 12.8. The first kappa shape index (κ1) is 12.4. The number of nitrogens with zero attached hydrogens (tertiary/aromatic N) is 2. The topological polar surface area (TPSA) is 42.2 Å².